The van der Waals surface area contributed by atoms with Crippen LogP contribution in [0.5, 0.6) is 0 Å². The van der Waals surface area contributed by atoms with Crippen molar-refractivity contribution in [2.75, 3.05) is 19.6 Å². The largest absolute Gasteiger partial charge is 0.401 e. The zero-order chi connectivity index (χ0) is 16.9. The van der Waals surface area contributed by atoms with Gasteiger partial charge in [-0.2, -0.15) is 13.2 Å². The average molecular weight is 332 g/mol. The first-order valence-electron chi connectivity index (χ1n) is 8.09. The molecule has 0 bridgehead atoms. The van der Waals surface area contributed by atoms with Crippen LogP contribution in [0.15, 0.2) is 24.3 Å². The van der Waals surface area contributed by atoms with Crippen molar-refractivity contribution in [3.8, 4) is 0 Å². The van der Waals surface area contributed by atoms with Crippen molar-refractivity contribution < 1.29 is 17.6 Å². The van der Waals surface area contributed by atoms with Crippen LogP contribution >= 0.6 is 0 Å². The van der Waals surface area contributed by atoms with Crippen molar-refractivity contribution in [2.24, 2.45) is 5.92 Å². The zero-order valence-electron chi connectivity index (χ0n) is 13.4. The van der Waals surface area contributed by atoms with Gasteiger partial charge in [0, 0.05) is 19.1 Å². The van der Waals surface area contributed by atoms with Gasteiger partial charge in [-0.1, -0.05) is 12.1 Å². The summed E-state index contributed by atoms with van der Waals surface area (Å²) >= 11 is 0. The van der Waals surface area contributed by atoms with Crippen LogP contribution in [0.4, 0.5) is 17.6 Å². The van der Waals surface area contributed by atoms with E-state index in [2.05, 4.69) is 10.2 Å². The van der Waals surface area contributed by atoms with E-state index >= 15 is 0 Å². The van der Waals surface area contributed by atoms with Crippen LogP contribution < -0.4 is 5.32 Å². The van der Waals surface area contributed by atoms with Crippen LogP contribution in [-0.4, -0.2) is 36.8 Å². The fraction of sp³-hybridized carbons (Fsp3) is 0.647. The van der Waals surface area contributed by atoms with Gasteiger partial charge in [0.05, 0.1) is 6.54 Å². The van der Waals surface area contributed by atoms with E-state index < -0.39 is 12.7 Å². The highest BCUT2D eigenvalue weighted by Crippen LogP contribution is 2.23. The lowest BCUT2D eigenvalue weighted by Gasteiger charge is -2.34. The highest BCUT2D eigenvalue weighted by Gasteiger charge is 2.28. The second kappa shape index (κ2) is 8.11. The number of halogens is 4. The fourth-order valence-electron chi connectivity index (χ4n) is 3.21. The molecule has 0 spiro atoms. The van der Waals surface area contributed by atoms with Crippen molar-refractivity contribution in [3.05, 3.63) is 35.6 Å². The van der Waals surface area contributed by atoms with Gasteiger partial charge in [-0.15, -0.1) is 0 Å². The number of alkyl halides is 3. The number of hydrogen-bond donors (Lipinski definition) is 1. The normalized spacial score (nSPS) is 21.3. The van der Waals surface area contributed by atoms with Crippen LogP contribution in [0, 0.1) is 11.7 Å². The Balaban J connectivity index is 1.77. The summed E-state index contributed by atoms with van der Waals surface area (Å²) in [6, 6.07) is 6.34. The molecule has 0 radical (unpaired) electrons. The first kappa shape index (κ1) is 18.2. The predicted octanol–water partition coefficient (Wildman–Crippen LogP) is 3.97. The fourth-order valence-corrected chi connectivity index (χ4v) is 3.21. The van der Waals surface area contributed by atoms with E-state index in [1.165, 1.54) is 12.1 Å². The number of nitrogens with zero attached hydrogens (tertiary/aromatic N) is 1. The quantitative estimate of drug-likeness (QED) is 0.793. The highest BCUT2D eigenvalue weighted by atomic mass is 19.4. The van der Waals surface area contributed by atoms with Crippen molar-refractivity contribution in [1.29, 1.82) is 0 Å². The molecule has 0 aromatic heterocycles. The Labute approximate surface area is 134 Å². The Morgan fingerprint density at radius 3 is 2.61 bits per heavy atom. The zero-order valence-corrected chi connectivity index (χ0v) is 13.4. The molecule has 0 aliphatic carbocycles. The third-order valence-corrected chi connectivity index (χ3v) is 4.26. The molecule has 2 nitrogen and oxygen atoms in total. The molecule has 1 aromatic carbocycles. The smallest absolute Gasteiger partial charge is 0.306 e. The minimum absolute atomic E-state index is 0.146. The standard InChI is InChI=1S/C17H24F4N2/c1-13(22-12-17(19,20)21)9-15-3-2-8-23(11-15)10-14-4-6-16(18)7-5-14/h4-7,13,15,22H,2-3,8-12H2,1H3. The van der Waals surface area contributed by atoms with E-state index in [0.29, 0.717) is 5.92 Å². The molecule has 23 heavy (non-hydrogen) atoms. The molecule has 2 atom stereocenters. The molecule has 6 heteroatoms. The van der Waals surface area contributed by atoms with Crippen LogP contribution in [0.2, 0.25) is 0 Å². The molecule has 130 valence electrons. The summed E-state index contributed by atoms with van der Waals surface area (Å²) in [5.41, 5.74) is 1.07. The minimum Gasteiger partial charge on any atom is -0.306 e. The molecule has 0 saturated carbocycles. The van der Waals surface area contributed by atoms with E-state index in [-0.39, 0.29) is 11.9 Å². The van der Waals surface area contributed by atoms with E-state index in [0.717, 1.165) is 44.5 Å². The molecule has 1 aliphatic heterocycles. The van der Waals surface area contributed by atoms with Crippen LogP contribution in [0.3, 0.4) is 0 Å². The van der Waals surface area contributed by atoms with Gasteiger partial charge in [0.1, 0.15) is 5.82 Å². The van der Waals surface area contributed by atoms with E-state index in [4.69, 9.17) is 0 Å². The van der Waals surface area contributed by atoms with Gasteiger partial charge < -0.3 is 5.32 Å². The third-order valence-electron chi connectivity index (χ3n) is 4.26. The maximum atomic E-state index is 12.9. The number of likely N-dealkylation sites (tertiary alicyclic amines) is 1. The maximum absolute atomic E-state index is 12.9. The number of hydrogen-bond acceptors (Lipinski definition) is 2. The molecule has 1 fully saturated rings. The van der Waals surface area contributed by atoms with Gasteiger partial charge in [-0.25, -0.2) is 4.39 Å². The van der Waals surface area contributed by atoms with Gasteiger partial charge in [0.2, 0.25) is 0 Å². The van der Waals surface area contributed by atoms with E-state index in [1.54, 1.807) is 12.1 Å². The Kier molecular flexibility index (Phi) is 6.41. The molecule has 0 amide bonds. The first-order chi connectivity index (χ1) is 10.8. The minimum atomic E-state index is -4.16. The van der Waals surface area contributed by atoms with Crippen LogP contribution in [0.1, 0.15) is 31.7 Å². The lowest BCUT2D eigenvalue weighted by Crippen LogP contribution is -2.40. The summed E-state index contributed by atoms with van der Waals surface area (Å²) in [6.07, 6.45) is -1.30. The van der Waals surface area contributed by atoms with Crippen LogP contribution in [0.25, 0.3) is 0 Å². The van der Waals surface area contributed by atoms with Gasteiger partial charge in [0.25, 0.3) is 0 Å². The summed E-state index contributed by atoms with van der Waals surface area (Å²) in [6.45, 7) is 3.51. The van der Waals surface area contributed by atoms with Crippen molar-refractivity contribution >= 4 is 0 Å². The molecule has 1 aliphatic rings. The number of benzene rings is 1. The Bertz CT molecular complexity index is 472. The highest BCUT2D eigenvalue weighted by molar-refractivity contribution is 5.15. The maximum Gasteiger partial charge on any atom is 0.401 e. The molecule has 2 rings (SSSR count). The lowest BCUT2D eigenvalue weighted by atomic mass is 9.91. The van der Waals surface area contributed by atoms with Crippen molar-refractivity contribution in [1.82, 2.24) is 10.2 Å². The molecule has 2 unspecified atom stereocenters. The van der Waals surface area contributed by atoms with Gasteiger partial charge in [-0.3, -0.25) is 4.90 Å². The number of nitrogens with one attached hydrogen (secondary N) is 1. The summed E-state index contributed by atoms with van der Waals surface area (Å²) in [5.74, 6) is 0.162. The number of rotatable bonds is 6. The lowest BCUT2D eigenvalue weighted by molar-refractivity contribution is -0.126. The summed E-state index contributed by atoms with van der Waals surface area (Å²) in [7, 11) is 0. The third kappa shape index (κ3) is 6.87. The summed E-state index contributed by atoms with van der Waals surface area (Å²) < 4.78 is 49.6. The summed E-state index contributed by atoms with van der Waals surface area (Å²) in [5, 5.41) is 2.56. The average Bonchev–Trinajstić information content (AvgIpc) is 2.47. The Morgan fingerprint density at radius 2 is 1.96 bits per heavy atom. The monoisotopic (exact) mass is 332 g/mol. The van der Waals surface area contributed by atoms with E-state index in [1.807, 2.05) is 6.92 Å². The van der Waals surface area contributed by atoms with Crippen molar-refractivity contribution in [2.45, 2.75) is 44.9 Å². The summed E-state index contributed by atoms with van der Waals surface area (Å²) in [4.78, 5) is 2.30. The topological polar surface area (TPSA) is 15.3 Å². The molecule has 1 saturated heterocycles. The molecular weight excluding hydrogens is 308 g/mol. The first-order valence-corrected chi connectivity index (χ1v) is 8.09. The predicted molar refractivity (Wildman–Crippen MR) is 82.5 cm³/mol. The van der Waals surface area contributed by atoms with Crippen LogP contribution in [-0.2, 0) is 6.54 Å². The molecule has 1 N–H and O–H groups in total. The van der Waals surface area contributed by atoms with E-state index in [9.17, 15) is 17.6 Å². The van der Waals surface area contributed by atoms with Crippen molar-refractivity contribution in [3.63, 3.8) is 0 Å². The second-order valence-corrected chi connectivity index (χ2v) is 6.50. The SMILES string of the molecule is CC(CC1CCCN(Cc2ccc(F)cc2)C1)NCC(F)(F)F. The van der Waals surface area contributed by atoms with Gasteiger partial charge >= 0.3 is 6.18 Å². The van der Waals surface area contributed by atoms with Gasteiger partial charge in [0.15, 0.2) is 0 Å². The van der Waals surface area contributed by atoms with Gasteiger partial charge in [-0.05, 0) is 56.3 Å². The number of piperidine rings is 1. The molecule has 1 heterocycles. The molecular formula is C17H24F4N2. The Morgan fingerprint density at radius 1 is 1.26 bits per heavy atom. The molecule has 1 aromatic rings. The second-order valence-electron chi connectivity index (χ2n) is 6.50. The Hall–Kier alpha value is -1.14.